The quantitative estimate of drug-likeness (QED) is 0.520. The number of carbonyl (C=O) groups excluding carboxylic acids is 2. The largest absolute Gasteiger partial charge is 0.463 e. The fraction of sp³-hybridized carbons (Fsp3) is 0.500. The number of anilines is 1. The molecule has 1 fully saturated rings. The number of hydrogen-bond donors (Lipinski definition) is 2. The molecule has 0 amide bonds. The minimum Gasteiger partial charge on any atom is -0.463 e. The fourth-order valence-electron chi connectivity index (χ4n) is 2.77. The van der Waals surface area contributed by atoms with Crippen molar-refractivity contribution in [3.8, 4) is 0 Å². The van der Waals surface area contributed by atoms with Gasteiger partial charge in [0, 0.05) is 6.92 Å². The van der Waals surface area contributed by atoms with Gasteiger partial charge in [0.2, 0.25) is 0 Å². The zero-order valence-corrected chi connectivity index (χ0v) is 15.0. The average Bonchev–Trinajstić information content (AvgIpc) is 3.08. The van der Waals surface area contributed by atoms with Crippen molar-refractivity contribution in [2.24, 2.45) is 0 Å². The van der Waals surface area contributed by atoms with Crippen LogP contribution >= 0.6 is 15.9 Å². The van der Waals surface area contributed by atoms with E-state index >= 15 is 0 Å². The maximum Gasteiger partial charge on any atom is 0.302 e. The number of imidazole rings is 1. The molecule has 1 saturated heterocycles. The summed E-state index contributed by atoms with van der Waals surface area (Å²) in [5, 5.41) is 11.0. The number of aliphatic hydroxyl groups is 1. The summed E-state index contributed by atoms with van der Waals surface area (Å²) in [5.74, 6) is -0.847. The smallest absolute Gasteiger partial charge is 0.302 e. The highest BCUT2D eigenvalue weighted by Crippen LogP contribution is 2.44. The summed E-state index contributed by atoms with van der Waals surface area (Å²) in [6.07, 6.45) is 0.732. The molecule has 3 heterocycles. The molecule has 134 valence electrons. The maximum atomic E-state index is 12.2. The van der Waals surface area contributed by atoms with Gasteiger partial charge in [0.15, 0.2) is 29.1 Å². The van der Waals surface area contributed by atoms with Crippen LogP contribution in [0.2, 0.25) is 0 Å². The number of esters is 1. The molecule has 0 unspecified atom stereocenters. The molecule has 11 heteroatoms. The summed E-state index contributed by atoms with van der Waals surface area (Å²) < 4.78 is 12.2. The van der Waals surface area contributed by atoms with Gasteiger partial charge < -0.3 is 20.3 Å². The summed E-state index contributed by atoms with van der Waals surface area (Å²) in [6.45, 7) is 2.39. The Labute approximate surface area is 150 Å². The van der Waals surface area contributed by atoms with Gasteiger partial charge in [-0.05, 0) is 6.92 Å². The van der Waals surface area contributed by atoms with Crippen molar-refractivity contribution in [3.05, 3.63) is 12.7 Å². The Kier molecular flexibility index (Phi) is 4.47. The van der Waals surface area contributed by atoms with Crippen LogP contribution in [0, 0.1) is 0 Å². The molecule has 2 aromatic heterocycles. The van der Waals surface area contributed by atoms with E-state index in [-0.39, 0.29) is 12.4 Å². The molecule has 25 heavy (non-hydrogen) atoms. The molecule has 0 aromatic carbocycles. The van der Waals surface area contributed by atoms with Crippen LogP contribution in [0.5, 0.6) is 0 Å². The second-order valence-electron chi connectivity index (χ2n) is 5.70. The number of rotatable bonds is 4. The van der Waals surface area contributed by atoms with Crippen molar-refractivity contribution in [3.63, 3.8) is 0 Å². The minimum absolute atomic E-state index is 0.124. The normalized spacial score (nSPS) is 29.0. The lowest BCUT2D eigenvalue weighted by molar-refractivity contribution is -0.152. The molecule has 0 aliphatic carbocycles. The highest BCUT2D eigenvalue weighted by molar-refractivity contribution is 9.09. The number of alkyl halides is 1. The standard InChI is InChI=1S/C14H16BrN5O5/c1-6(21)14(23)10(15)8(3-24-7(2)22)25-13(14)20-5-19-9-11(16)17-4-18-12(9)20/h4-5,8,10,13,23H,3H2,1-2H3,(H2,16,17,18)/t8-,10-,13-,14-/m1/s1. The lowest BCUT2D eigenvalue weighted by atomic mass is 9.93. The number of halogens is 1. The van der Waals surface area contributed by atoms with E-state index in [9.17, 15) is 14.7 Å². The topological polar surface area (TPSA) is 142 Å². The molecule has 1 aliphatic rings. The second kappa shape index (κ2) is 6.32. The first kappa shape index (κ1) is 17.7. The number of carbonyl (C=O) groups is 2. The van der Waals surface area contributed by atoms with Gasteiger partial charge in [0.1, 0.15) is 24.6 Å². The number of ether oxygens (including phenoxy) is 2. The van der Waals surface area contributed by atoms with Gasteiger partial charge in [-0.15, -0.1) is 0 Å². The number of nitrogen functional groups attached to an aromatic ring is 1. The lowest BCUT2D eigenvalue weighted by Crippen LogP contribution is -2.49. The highest BCUT2D eigenvalue weighted by Gasteiger charge is 2.59. The molecule has 1 aliphatic heterocycles. The van der Waals surface area contributed by atoms with Gasteiger partial charge in [-0.25, -0.2) is 15.0 Å². The highest BCUT2D eigenvalue weighted by atomic mass is 79.9. The van der Waals surface area contributed by atoms with E-state index in [1.54, 1.807) is 0 Å². The van der Waals surface area contributed by atoms with E-state index in [0.29, 0.717) is 11.2 Å². The second-order valence-corrected chi connectivity index (χ2v) is 6.68. The van der Waals surface area contributed by atoms with E-state index in [2.05, 4.69) is 30.9 Å². The molecule has 0 spiro atoms. The lowest BCUT2D eigenvalue weighted by Gasteiger charge is -2.28. The third-order valence-electron chi connectivity index (χ3n) is 4.08. The van der Waals surface area contributed by atoms with Gasteiger partial charge in [0.05, 0.1) is 11.2 Å². The zero-order chi connectivity index (χ0) is 18.4. The van der Waals surface area contributed by atoms with E-state index < -0.39 is 34.5 Å². The Bertz CT molecular complexity index is 842. The van der Waals surface area contributed by atoms with Crippen LogP contribution in [0.3, 0.4) is 0 Å². The van der Waals surface area contributed by atoms with Crippen LogP contribution in [-0.2, 0) is 19.1 Å². The van der Waals surface area contributed by atoms with Crippen molar-refractivity contribution >= 4 is 44.7 Å². The van der Waals surface area contributed by atoms with Crippen LogP contribution < -0.4 is 5.73 Å². The third-order valence-corrected chi connectivity index (χ3v) is 5.37. The van der Waals surface area contributed by atoms with Gasteiger partial charge in [-0.3, -0.25) is 14.2 Å². The van der Waals surface area contributed by atoms with Gasteiger partial charge in [-0.1, -0.05) is 15.9 Å². The van der Waals surface area contributed by atoms with Crippen LogP contribution in [0.25, 0.3) is 11.2 Å². The van der Waals surface area contributed by atoms with Crippen molar-refractivity contribution < 1.29 is 24.2 Å². The van der Waals surface area contributed by atoms with Crippen molar-refractivity contribution in [2.45, 2.75) is 36.6 Å². The predicted octanol–water partition coefficient (Wildman–Crippen LogP) is -0.0474. The van der Waals surface area contributed by atoms with E-state index in [1.165, 1.54) is 31.1 Å². The van der Waals surface area contributed by atoms with E-state index in [4.69, 9.17) is 15.2 Å². The number of nitrogens with zero attached hydrogens (tertiary/aromatic N) is 4. The number of aromatic nitrogens is 4. The SMILES string of the molecule is CC(=O)OC[C@H]1O[C@@H](n2cnc3c(N)ncnc32)[C@@](O)(C(C)=O)[C@@H]1Br. The number of nitrogens with two attached hydrogens (primary N) is 1. The molecule has 0 radical (unpaired) electrons. The Morgan fingerprint density at radius 2 is 2.16 bits per heavy atom. The van der Waals surface area contributed by atoms with Crippen molar-refractivity contribution in [2.75, 3.05) is 12.3 Å². The Morgan fingerprint density at radius 3 is 2.80 bits per heavy atom. The Balaban J connectivity index is 2.04. The number of Topliss-reactive ketones (excluding diaryl/α,β-unsaturated/α-hetero) is 1. The summed E-state index contributed by atoms with van der Waals surface area (Å²) >= 11 is 3.30. The molecule has 2 aromatic rings. The van der Waals surface area contributed by atoms with Gasteiger partial charge in [-0.2, -0.15) is 0 Å². The first-order valence-electron chi connectivity index (χ1n) is 7.36. The summed E-state index contributed by atoms with van der Waals surface area (Å²) in [6, 6.07) is 0. The average molecular weight is 414 g/mol. The van der Waals surface area contributed by atoms with Crippen molar-refractivity contribution in [1.29, 1.82) is 0 Å². The molecule has 3 rings (SSSR count). The van der Waals surface area contributed by atoms with E-state index in [1.807, 2.05) is 0 Å². The molecule has 0 saturated carbocycles. The molecular formula is C14H16BrN5O5. The number of ketones is 1. The molecule has 3 N–H and O–H groups in total. The number of fused-ring (bicyclic) bond motifs is 1. The first-order chi connectivity index (χ1) is 11.8. The van der Waals surface area contributed by atoms with Crippen LogP contribution in [0.4, 0.5) is 5.82 Å². The molecule has 4 atom stereocenters. The number of hydrogen-bond acceptors (Lipinski definition) is 9. The summed E-state index contributed by atoms with van der Waals surface area (Å²) in [4.78, 5) is 34.5. The maximum absolute atomic E-state index is 12.2. The van der Waals surface area contributed by atoms with Crippen molar-refractivity contribution in [1.82, 2.24) is 19.5 Å². The monoisotopic (exact) mass is 413 g/mol. The fourth-order valence-corrected chi connectivity index (χ4v) is 3.59. The zero-order valence-electron chi connectivity index (χ0n) is 13.4. The first-order valence-corrected chi connectivity index (χ1v) is 8.27. The van der Waals surface area contributed by atoms with Crippen LogP contribution in [-0.4, -0.2) is 59.5 Å². The summed E-state index contributed by atoms with van der Waals surface area (Å²) in [5.41, 5.74) is 4.48. The van der Waals surface area contributed by atoms with Crippen LogP contribution in [0.1, 0.15) is 20.1 Å². The Morgan fingerprint density at radius 1 is 1.44 bits per heavy atom. The molecule has 10 nitrogen and oxygen atoms in total. The van der Waals surface area contributed by atoms with Gasteiger partial charge in [0.25, 0.3) is 0 Å². The predicted molar refractivity (Wildman–Crippen MR) is 88.6 cm³/mol. The molecular weight excluding hydrogens is 398 g/mol. The third kappa shape index (κ3) is 2.77. The molecule has 0 bridgehead atoms. The van der Waals surface area contributed by atoms with E-state index in [0.717, 1.165) is 0 Å². The van der Waals surface area contributed by atoms with Gasteiger partial charge >= 0.3 is 5.97 Å². The minimum atomic E-state index is -1.92. The summed E-state index contributed by atoms with van der Waals surface area (Å²) in [7, 11) is 0. The Hall–Kier alpha value is -2.11. The van der Waals surface area contributed by atoms with Crippen LogP contribution in [0.15, 0.2) is 12.7 Å².